The zero-order valence-electron chi connectivity index (χ0n) is 7.88. The van der Waals surface area contributed by atoms with Gasteiger partial charge in [0.25, 0.3) is 5.91 Å². The number of amides is 1. The van der Waals surface area contributed by atoms with Crippen molar-refractivity contribution in [1.29, 1.82) is 5.26 Å². The van der Waals surface area contributed by atoms with Crippen LogP contribution >= 0.6 is 12.6 Å². The maximum atomic E-state index is 11.1. The summed E-state index contributed by atoms with van der Waals surface area (Å²) in [5.74, 6) is -0.430. The van der Waals surface area contributed by atoms with Crippen molar-refractivity contribution in [3.8, 4) is 6.07 Å². The first-order valence-electron chi connectivity index (χ1n) is 3.84. The first-order chi connectivity index (χ1) is 6.02. The van der Waals surface area contributed by atoms with Gasteiger partial charge in [0.1, 0.15) is 11.6 Å². The molecule has 0 rings (SSSR count). The van der Waals surface area contributed by atoms with E-state index in [1.807, 2.05) is 13.8 Å². The minimum absolute atomic E-state index is 0.000432. The molecule has 4 nitrogen and oxygen atoms in total. The summed E-state index contributed by atoms with van der Waals surface area (Å²) >= 11 is 4.02. The first-order valence-corrected chi connectivity index (χ1v) is 4.29. The zero-order chi connectivity index (χ0) is 10.4. The largest absolute Gasteiger partial charge is 0.377 e. The molecule has 1 amide bonds. The number of carbonyl (C=O) groups is 1. The van der Waals surface area contributed by atoms with Crippen molar-refractivity contribution in [1.82, 2.24) is 10.6 Å². The van der Waals surface area contributed by atoms with E-state index in [2.05, 4.69) is 23.3 Å². The fraction of sp³-hybridized carbons (Fsp3) is 0.500. The monoisotopic (exact) mass is 199 g/mol. The highest BCUT2D eigenvalue weighted by molar-refractivity contribution is 7.84. The van der Waals surface area contributed by atoms with E-state index in [4.69, 9.17) is 5.26 Å². The van der Waals surface area contributed by atoms with Crippen molar-refractivity contribution in [2.75, 3.05) is 7.05 Å². The van der Waals surface area contributed by atoms with Gasteiger partial charge in [0.2, 0.25) is 0 Å². The second-order valence-electron chi connectivity index (χ2n) is 2.71. The molecule has 72 valence electrons. The lowest BCUT2D eigenvalue weighted by Gasteiger charge is -2.10. The number of hydrogen-bond acceptors (Lipinski definition) is 4. The Morgan fingerprint density at radius 2 is 2.08 bits per heavy atom. The maximum Gasteiger partial charge on any atom is 0.264 e. The minimum Gasteiger partial charge on any atom is -0.377 e. The lowest BCUT2D eigenvalue weighted by molar-refractivity contribution is -0.116. The zero-order valence-corrected chi connectivity index (χ0v) is 8.77. The molecule has 5 heteroatoms. The molecular formula is C8H13N3OS. The summed E-state index contributed by atoms with van der Waals surface area (Å²) in [4.78, 5) is 11.1. The van der Waals surface area contributed by atoms with E-state index < -0.39 is 5.91 Å². The van der Waals surface area contributed by atoms with Crippen molar-refractivity contribution >= 4 is 18.5 Å². The normalized spacial score (nSPS) is 11.7. The molecule has 0 heterocycles. The lowest BCUT2D eigenvalue weighted by atomic mass is 10.3. The van der Waals surface area contributed by atoms with Gasteiger partial charge in [-0.1, -0.05) is 0 Å². The number of nitriles is 1. The van der Waals surface area contributed by atoms with Crippen LogP contribution in [0.25, 0.3) is 0 Å². The van der Waals surface area contributed by atoms with Crippen molar-refractivity contribution in [2.45, 2.75) is 19.9 Å². The highest BCUT2D eigenvalue weighted by atomic mass is 32.1. The molecule has 2 N–H and O–H groups in total. The SMILES string of the molecule is CNC(=O)/C(C#N)=C(/S)NC(C)C. The number of rotatable bonds is 3. The number of carbonyl (C=O) groups excluding carboxylic acids is 1. The van der Waals surface area contributed by atoms with Crippen LogP contribution in [0, 0.1) is 11.3 Å². The lowest BCUT2D eigenvalue weighted by Crippen LogP contribution is -2.26. The first kappa shape index (κ1) is 11.8. The van der Waals surface area contributed by atoms with E-state index in [1.54, 1.807) is 6.07 Å². The third kappa shape index (κ3) is 3.85. The van der Waals surface area contributed by atoms with Crippen LogP contribution < -0.4 is 10.6 Å². The standard InChI is InChI=1S/C8H13N3OS/c1-5(2)11-8(13)6(4-9)7(12)10-3/h5,11,13H,1-3H3,(H,10,12)/b8-6+. The summed E-state index contributed by atoms with van der Waals surface area (Å²) in [6.07, 6.45) is 0. The average Bonchev–Trinajstić information content (AvgIpc) is 2.03. The molecule has 0 atom stereocenters. The van der Waals surface area contributed by atoms with Crippen LogP contribution in [-0.4, -0.2) is 19.0 Å². The third-order valence-corrected chi connectivity index (χ3v) is 1.58. The summed E-state index contributed by atoms with van der Waals surface area (Å²) in [6, 6.07) is 1.93. The van der Waals surface area contributed by atoms with Gasteiger partial charge in [0.05, 0.1) is 5.03 Å². The molecule has 0 aliphatic carbocycles. The van der Waals surface area contributed by atoms with E-state index in [0.29, 0.717) is 5.03 Å². The van der Waals surface area contributed by atoms with Crippen LogP contribution in [0.3, 0.4) is 0 Å². The highest BCUT2D eigenvalue weighted by Crippen LogP contribution is 2.05. The second kappa shape index (κ2) is 5.49. The van der Waals surface area contributed by atoms with Crippen molar-refractivity contribution in [3.05, 3.63) is 10.6 Å². The molecule has 0 radical (unpaired) electrons. The quantitative estimate of drug-likeness (QED) is 0.350. The molecule has 0 aromatic heterocycles. The van der Waals surface area contributed by atoms with Crippen LogP contribution in [0.15, 0.2) is 10.6 Å². The molecular weight excluding hydrogens is 186 g/mol. The van der Waals surface area contributed by atoms with Gasteiger partial charge in [0, 0.05) is 13.1 Å². The Labute approximate surface area is 83.4 Å². The molecule has 0 fully saturated rings. The van der Waals surface area contributed by atoms with E-state index >= 15 is 0 Å². The summed E-state index contributed by atoms with van der Waals surface area (Å²) in [5, 5.41) is 14.2. The summed E-state index contributed by atoms with van der Waals surface area (Å²) in [6.45, 7) is 3.80. The van der Waals surface area contributed by atoms with Gasteiger partial charge in [-0.3, -0.25) is 4.79 Å². The van der Waals surface area contributed by atoms with Crippen LogP contribution in [0.4, 0.5) is 0 Å². The molecule has 13 heavy (non-hydrogen) atoms. The second-order valence-corrected chi connectivity index (χ2v) is 3.16. The molecule has 0 aromatic carbocycles. The molecule has 0 unspecified atom stereocenters. The minimum atomic E-state index is -0.430. The molecule has 0 saturated carbocycles. The van der Waals surface area contributed by atoms with Crippen molar-refractivity contribution in [3.63, 3.8) is 0 Å². The van der Waals surface area contributed by atoms with Gasteiger partial charge in [-0.2, -0.15) is 5.26 Å². The third-order valence-electron chi connectivity index (χ3n) is 1.23. The summed E-state index contributed by atoms with van der Waals surface area (Å²) in [7, 11) is 1.47. The molecule has 0 saturated heterocycles. The Morgan fingerprint density at radius 3 is 2.38 bits per heavy atom. The van der Waals surface area contributed by atoms with Gasteiger partial charge >= 0.3 is 0 Å². The Bertz CT molecular complexity index is 265. The predicted octanol–water partition coefficient (Wildman–Crippen LogP) is 0.395. The number of likely N-dealkylation sites (N-methyl/N-ethyl adjacent to an activating group) is 1. The van der Waals surface area contributed by atoms with E-state index in [-0.39, 0.29) is 11.6 Å². The van der Waals surface area contributed by atoms with Gasteiger partial charge in [-0.25, -0.2) is 0 Å². The van der Waals surface area contributed by atoms with Gasteiger partial charge in [0.15, 0.2) is 0 Å². The van der Waals surface area contributed by atoms with E-state index in [0.717, 1.165) is 0 Å². The average molecular weight is 199 g/mol. The van der Waals surface area contributed by atoms with Crippen molar-refractivity contribution < 1.29 is 4.79 Å². The summed E-state index contributed by atoms with van der Waals surface area (Å²) < 4.78 is 0. The fourth-order valence-electron chi connectivity index (χ4n) is 0.682. The molecule has 0 aliphatic rings. The van der Waals surface area contributed by atoms with Gasteiger partial charge in [-0.05, 0) is 13.8 Å². The number of nitrogens with zero attached hydrogens (tertiary/aromatic N) is 1. The van der Waals surface area contributed by atoms with Gasteiger partial charge in [-0.15, -0.1) is 12.6 Å². The smallest absolute Gasteiger partial charge is 0.264 e. The fourth-order valence-corrected chi connectivity index (χ4v) is 1.09. The Morgan fingerprint density at radius 1 is 1.54 bits per heavy atom. The Hall–Kier alpha value is -1.15. The number of thiol groups is 1. The van der Waals surface area contributed by atoms with E-state index in [9.17, 15) is 4.79 Å². The van der Waals surface area contributed by atoms with Gasteiger partial charge < -0.3 is 10.6 Å². The topological polar surface area (TPSA) is 64.9 Å². The molecule has 0 spiro atoms. The number of nitrogens with one attached hydrogen (secondary N) is 2. The molecule has 0 aliphatic heterocycles. The maximum absolute atomic E-state index is 11.1. The Kier molecular flexibility index (Phi) is 5.00. The van der Waals surface area contributed by atoms with Crippen molar-refractivity contribution in [2.24, 2.45) is 0 Å². The van der Waals surface area contributed by atoms with Crippen LogP contribution in [0.2, 0.25) is 0 Å². The predicted molar refractivity (Wildman–Crippen MR) is 54.0 cm³/mol. The van der Waals surface area contributed by atoms with Crippen LogP contribution in [-0.2, 0) is 4.79 Å². The Balaban J connectivity index is 4.72. The highest BCUT2D eigenvalue weighted by Gasteiger charge is 2.11. The molecule has 0 bridgehead atoms. The molecule has 0 aromatic rings. The van der Waals surface area contributed by atoms with E-state index in [1.165, 1.54) is 7.05 Å². The summed E-state index contributed by atoms with van der Waals surface area (Å²) in [5.41, 5.74) is -0.000432. The van der Waals surface area contributed by atoms with Crippen LogP contribution in [0.1, 0.15) is 13.8 Å². The van der Waals surface area contributed by atoms with Crippen LogP contribution in [0.5, 0.6) is 0 Å². The number of hydrogen-bond donors (Lipinski definition) is 3.